The number of anilines is 1. The Hall–Kier alpha value is -1.35. The Labute approximate surface area is 121 Å². The topological polar surface area (TPSA) is 32.3 Å². The third-order valence-corrected chi connectivity index (χ3v) is 4.84. The van der Waals surface area contributed by atoms with Gasteiger partial charge in [0.05, 0.1) is 5.92 Å². The Kier molecular flexibility index (Phi) is 3.79. The van der Waals surface area contributed by atoms with Crippen molar-refractivity contribution in [2.75, 3.05) is 11.4 Å². The smallest absolute Gasteiger partial charge is 0.231 e. The molecule has 3 rings (SSSR count). The molecule has 2 aliphatic heterocycles. The van der Waals surface area contributed by atoms with Crippen LogP contribution in [0.1, 0.15) is 38.7 Å². The standard InChI is InChI=1S/C17H24N2O/c1-12-9-10-14-6-3-4-8-16(14)19(12)17(20)15-7-5-11-18-13(15)2/h3-4,6,8,12-13,15,18H,5,7,9-11H2,1-2H3. The minimum Gasteiger partial charge on any atom is -0.313 e. The van der Waals surface area contributed by atoms with Crippen molar-refractivity contribution in [3.05, 3.63) is 29.8 Å². The quantitative estimate of drug-likeness (QED) is 0.852. The molecule has 108 valence electrons. The highest BCUT2D eigenvalue weighted by Crippen LogP contribution is 2.33. The van der Waals surface area contributed by atoms with Gasteiger partial charge in [0, 0.05) is 17.8 Å². The Morgan fingerprint density at radius 2 is 2.05 bits per heavy atom. The molecule has 1 fully saturated rings. The first-order chi connectivity index (χ1) is 9.68. The van der Waals surface area contributed by atoms with E-state index in [1.165, 1.54) is 5.56 Å². The summed E-state index contributed by atoms with van der Waals surface area (Å²) in [4.78, 5) is 15.1. The molecule has 1 saturated heterocycles. The van der Waals surface area contributed by atoms with Crippen molar-refractivity contribution in [2.24, 2.45) is 5.92 Å². The molecular weight excluding hydrogens is 248 g/mol. The van der Waals surface area contributed by atoms with Gasteiger partial charge in [-0.05, 0) is 57.7 Å². The zero-order valence-corrected chi connectivity index (χ0v) is 12.4. The molecule has 3 atom stereocenters. The lowest BCUT2D eigenvalue weighted by Gasteiger charge is -2.40. The van der Waals surface area contributed by atoms with Gasteiger partial charge < -0.3 is 10.2 Å². The van der Waals surface area contributed by atoms with E-state index in [9.17, 15) is 4.79 Å². The second kappa shape index (κ2) is 5.57. The van der Waals surface area contributed by atoms with Gasteiger partial charge in [0.25, 0.3) is 0 Å². The highest BCUT2D eigenvalue weighted by molar-refractivity contribution is 5.97. The van der Waals surface area contributed by atoms with Crippen LogP contribution < -0.4 is 10.2 Å². The fourth-order valence-electron chi connectivity index (χ4n) is 3.58. The van der Waals surface area contributed by atoms with Gasteiger partial charge in [-0.3, -0.25) is 4.79 Å². The molecule has 0 aromatic heterocycles. The first-order valence-electron chi connectivity index (χ1n) is 7.83. The summed E-state index contributed by atoms with van der Waals surface area (Å²) in [5.74, 6) is 0.432. The molecule has 3 unspecified atom stereocenters. The third-order valence-electron chi connectivity index (χ3n) is 4.84. The van der Waals surface area contributed by atoms with Gasteiger partial charge in [0.15, 0.2) is 0 Å². The molecule has 2 heterocycles. The molecular formula is C17H24N2O. The lowest BCUT2D eigenvalue weighted by molar-refractivity contribution is -0.124. The van der Waals surface area contributed by atoms with Crippen LogP contribution in [0.15, 0.2) is 24.3 Å². The number of piperidine rings is 1. The number of rotatable bonds is 1. The Balaban J connectivity index is 1.90. The molecule has 3 heteroatoms. The fourth-order valence-corrected chi connectivity index (χ4v) is 3.58. The molecule has 1 amide bonds. The number of nitrogens with one attached hydrogen (secondary N) is 1. The molecule has 2 aliphatic rings. The predicted molar refractivity (Wildman–Crippen MR) is 81.9 cm³/mol. The van der Waals surface area contributed by atoms with Gasteiger partial charge in [-0.1, -0.05) is 18.2 Å². The van der Waals surface area contributed by atoms with Gasteiger partial charge in [0.2, 0.25) is 5.91 Å². The summed E-state index contributed by atoms with van der Waals surface area (Å²) in [6, 6.07) is 8.97. The average molecular weight is 272 g/mol. The fraction of sp³-hybridized carbons (Fsp3) is 0.588. The van der Waals surface area contributed by atoms with Crippen LogP contribution in [-0.4, -0.2) is 24.5 Å². The van der Waals surface area contributed by atoms with E-state index in [0.29, 0.717) is 11.9 Å². The van der Waals surface area contributed by atoms with Crippen molar-refractivity contribution in [1.82, 2.24) is 5.32 Å². The van der Waals surface area contributed by atoms with E-state index in [-0.39, 0.29) is 12.0 Å². The van der Waals surface area contributed by atoms with Crippen LogP contribution in [-0.2, 0) is 11.2 Å². The van der Waals surface area contributed by atoms with Crippen LogP contribution in [0, 0.1) is 5.92 Å². The normalized spacial score (nSPS) is 29.9. The van der Waals surface area contributed by atoms with E-state index in [4.69, 9.17) is 0 Å². The molecule has 0 radical (unpaired) electrons. The zero-order chi connectivity index (χ0) is 14.1. The number of hydrogen-bond acceptors (Lipinski definition) is 2. The van der Waals surface area contributed by atoms with Crippen LogP contribution in [0.3, 0.4) is 0 Å². The molecule has 0 saturated carbocycles. The van der Waals surface area contributed by atoms with Gasteiger partial charge >= 0.3 is 0 Å². The van der Waals surface area contributed by atoms with Crippen molar-refractivity contribution in [3.63, 3.8) is 0 Å². The summed E-state index contributed by atoms with van der Waals surface area (Å²) in [7, 11) is 0. The number of benzene rings is 1. The van der Waals surface area contributed by atoms with Crippen molar-refractivity contribution in [2.45, 2.75) is 51.6 Å². The molecule has 3 nitrogen and oxygen atoms in total. The molecule has 0 bridgehead atoms. The average Bonchev–Trinajstić information content (AvgIpc) is 2.47. The SMILES string of the molecule is CC1NCCCC1C(=O)N1c2ccccc2CCC1C. The van der Waals surface area contributed by atoms with Crippen molar-refractivity contribution in [1.29, 1.82) is 0 Å². The van der Waals surface area contributed by atoms with Crippen LogP contribution in [0.4, 0.5) is 5.69 Å². The predicted octanol–water partition coefficient (Wildman–Crippen LogP) is 2.74. The molecule has 1 N–H and O–H groups in total. The number of amides is 1. The van der Waals surface area contributed by atoms with E-state index >= 15 is 0 Å². The summed E-state index contributed by atoms with van der Waals surface area (Å²) < 4.78 is 0. The van der Waals surface area contributed by atoms with E-state index in [0.717, 1.165) is 37.9 Å². The molecule has 0 spiro atoms. The minimum atomic E-state index is 0.123. The number of aryl methyl sites for hydroxylation is 1. The number of nitrogens with zero attached hydrogens (tertiary/aromatic N) is 1. The monoisotopic (exact) mass is 272 g/mol. The van der Waals surface area contributed by atoms with Gasteiger partial charge in [-0.2, -0.15) is 0 Å². The van der Waals surface area contributed by atoms with Gasteiger partial charge in [-0.25, -0.2) is 0 Å². The number of carbonyl (C=O) groups excluding carboxylic acids is 1. The first kappa shape index (κ1) is 13.6. The Bertz CT molecular complexity index is 500. The maximum absolute atomic E-state index is 13.0. The summed E-state index contributed by atoms with van der Waals surface area (Å²) in [5.41, 5.74) is 2.45. The van der Waals surface area contributed by atoms with Crippen molar-refractivity contribution in [3.8, 4) is 0 Å². The summed E-state index contributed by atoms with van der Waals surface area (Å²) in [6.45, 7) is 5.36. The maximum atomic E-state index is 13.0. The zero-order valence-electron chi connectivity index (χ0n) is 12.4. The summed E-state index contributed by atoms with van der Waals surface area (Å²) in [6.07, 6.45) is 4.26. The lowest BCUT2D eigenvalue weighted by atomic mass is 9.88. The maximum Gasteiger partial charge on any atom is 0.231 e. The Morgan fingerprint density at radius 3 is 2.85 bits per heavy atom. The second-order valence-corrected chi connectivity index (χ2v) is 6.22. The largest absolute Gasteiger partial charge is 0.313 e. The van der Waals surface area contributed by atoms with E-state index in [1.807, 2.05) is 6.07 Å². The van der Waals surface area contributed by atoms with Crippen molar-refractivity contribution >= 4 is 11.6 Å². The highest BCUT2D eigenvalue weighted by Gasteiger charge is 2.35. The van der Waals surface area contributed by atoms with Gasteiger partial charge in [-0.15, -0.1) is 0 Å². The van der Waals surface area contributed by atoms with Crippen LogP contribution in [0.5, 0.6) is 0 Å². The second-order valence-electron chi connectivity index (χ2n) is 6.22. The summed E-state index contributed by atoms with van der Waals surface area (Å²) >= 11 is 0. The molecule has 0 aliphatic carbocycles. The third kappa shape index (κ3) is 2.35. The Morgan fingerprint density at radius 1 is 1.25 bits per heavy atom. The molecule has 1 aromatic rings. The van der Waals surface area contributed by atoms with Gasteiger partial charge in [0.1, 0.15) is 0 Å². The number of hydrogen-bond donors (Lipinski definition) is 1. The highest BCUT2D eigenvalue weighted by atomic mass is 16.2. The number of para-hydroxylation sites is 1. The molecule has 20 heavy (non-hydrogen) atoms. The van der Waals surface area contributed by atoms with Crippen LogP contribution >= 0.6 is 0 Å². The first-order valence-corrected chi connectivity index (χ1v) is 7.83. The van der Waals surface area contributed by atoms with E-state index < -0.39 is 0 Å². The van der Waals surface area contributed by atoms with E-state index in [2.05, 4.69) is 42.3 Å². The van der Waals surface area contributed by atoms with Crippen LogP contribution in [0.2, 0.25) is 0 Å². The lowest BCUT2D eigenvalue weighted by Crippen LogP contribution is -2.52. The van der Waals surface area contributed by atoms with E-state index in [1.54, 1.807) is 0 Å². The summed E-state index contributed by atoms with van der Waals surface area (Å²) in [5, 5.41) is 3.44. The van der Waals surface area contributed by atoms with Crippen LogP contribution in [0.25, 0.3) is 0 Å². The van der Waals surface area contributed by atoms with Crippen molar-refractivity contribution < 1.29 is 4.79 Å². The molecule has 1 aromatic carbocycles. The number of carbonyl (C=O) groups is 1. The number of fused-ring (bicyclic) bond motifs is 1. The minimum absolute atomic E-state index is 0.123.